The molecule has 0 aliphatic rings. The lowest BCUT2D eigenvalue weighted by atomic mass is 10.4. The number of aromatic nitrogens is 3. The van der Waals surface area contributed by atoms with Crippen molar-refractivity contribution in [2.45, 2.75) is 27.2 Å². The molecule has 0 unspecified atom stereocenters. The molecule has 2 heterocycles. The maximum atomic E-state index is 4.33. The van der Waals surface area contributed by atoms with Gasteiger partial charge in [0, 0.05) is 6.20 Å². The maximum absolute atomic E-state index is 4.33. The predicted molar refractivity (Wildman–Crippen MR) is 53.7 cm³/mol. The van der Waals surface area contributed by atoms with Gasteiger partial charge in [-0.2, -0.15) is 5.10 Å². The number of aryl methyl sites for hydroxylation is 1. The maximum Gasteiger partial charge on any atom is 0.153 e. The van der Waals surface area contributed by atoms with Crippen molar-refractivity contribution in [3.05, 3.63) is 30.2 Å². The molecule has 2 rings (SSSR count). The van der Waals surface area contributed by atoms with Crippen LogP contribution in [-0.2, 0) is 6.42 Å². The Bertz CT molecular complexity index is 332. The minimum Gasteiger partial charge on any atom is -0.232 e. The molecule has 0 amide bonds. The average Bonchev–Trinajstić information content (AvgIpc) is 2.63. The summed E-state index contributed by atoms with van der Waals surface area (Å²) in [5.41, 5.74) is 2.01. The van der Waals surface area contributed by atoms with Crippen LogP contribution in [0.15, 0.2) is 24.5 Å². The summed E-state index contributed by atoms with van der Waals surface area (Å²) in [6, 6.07) is 3.84. The van der Waals surface area contributed by atoms with Crippen LogP contribution in [0.3, 0.4) is 0 Å². The molecule has 0 atom stereocenters. The van der Waals surface area contributed by atoms with E-state index >= 15 is 0 Å². The minimum absolute atomic E-state index is 0.921. The van der Waals surface area contributed by atoms with Crippen molar-refractivity contribution in [2.75, 3.05) is 0 Å². The van der Waals surface area contributed by atoms with Crippen molar-refractivity contribution < 1.29 is 0 Å². The number of imidazole rings is 1. The highest BCUT2D eigenvalue weighted by molar-refractivity contribution is 5.37. The van der Waals surface area contributed by atoms with Crippen LogP contribution in [0.5, 0.6) is 0 Å². The van der Waals surface area contributed by atoms with Crippen molar-refractivity contribution in [3.8, 4) is 0 Å². The molecule has 0 N–H and O–H groups in total. The van der Waals surface area contributed by atoms with E-state index < -0.39 is 0 Å². The van der Waals surface area contributed by atoms with Crippen LogP contribution in [0, 0.1) is 0 Å². The highest BCUT2D eigenvalue weighted by Gasteiger charge is 1.96. The molecular formula is C10H15N3. The van der Waals surface area contributed by atoms with Gasteiger partial charge < -0.3 is 0 Å². The Kier molecular flexibility index (Phi) is 3.43. The zero-order chi connectivity index (χ0) is 9.68. The van der Waals surface area contributed by atoms with Crippen LogP contribution < -0.4 is 0 Å². The van der Waals surface area contributed by atoms with E-state index in [2.05, 4.69) is 17.0 Å². The molecule has 70 valence electrons. The number of hydrogen-bond acceptors (Lipinski definition) is 2. The molecule has 0 bridgehead atoms. The number of fused-ring (bicyclic) bond motifs is 1. The predicted octanol–water partition coefficient (Wildman–Crippen LogP) is 2.32. The summed E-state index contributed by atoms with van der Waals surface area (Å²) in [5, 5.41) is 4.10. The van der Waals surface area contributed by atoms with Gasteiger partial charge in [-0.25, -0.2) is 9.50 Å². The van der Waals surface area contributed by atoms with Crippen LogP contribution in [0.1, 0.15) is 26.5 Å². The molecule has 0 radical (unpaired) electrons. The molecule has 0 aliphatic heterocycles. The van der Waals surface area contributed by atoms with Gasteiger partial charge in [0.2, 0.25) is 0 Å². The van der Waals surface area contributed by atoms with Crippen LogP contribution in [0.4, 0.5) is 0 Å². The fraction of sp³-hybridized carbons (Fsp3) is 0.400. The molecule has 3 nitrogen and oxygen atoms in total. The highest BCUT2D eigenvalue weighted by atomic mass is 15.2. The molecule has 3 heteroatoms. The molecule has 0 saturated carbocycles. The van der Waals surface area contributed by atoms with Gasteiger partial charge in [0.1, 0.15) is 0 Å². The molecular weight excluding hydrogens is 162 g/mol. The first-order valence-electron chi connectivity index (χ1n) is 4.69. The summed E-state index contributed by atoms with van der Waals surface area (Å²) >= 11 is 0. The Balaban J connectivity index is 0.000000396. The number of nitrogens with zero attached hydrogens (tertiary/aromatic N) is 3. The fourth-order valence-corrected chi connectivity index (χ4v) is 1.05. The second-order valence-corrected chi connectivity index (χ2v) is 2.41. The summed E-state index contributed by atoms with van der Waals surface area (Å²) < 4.78 is 1.79. The molecule has 0 saturated heterocycles. The molecule has 0 spiro atoms. The second-order valence-electron chi connectivity index (χ2n) is 2.41. The van der Waals surface area contributed by atoms with Crippen LogP contribution in [0.2, 0.25) is 0 Å². The van der Waals surface area contributed by atoms with Crippen molar-refractivity contribution in [3.63, 3.8) is 0 Å². The first-order valence-corrected chi connectivity index (χ1v) is 4.69. The van der Waals surface area contributed by atoms with Crippen LogP contribution in [-0.4, -0.2) is 14.6 Å². The fourth-order valence-electron chi connectivity index (χ4n) is 1.05. The third-order valence-corrected chi connectivity index (χ3v) is 1.65. The van der Waals surface area contributed by atoms with Crippen molar-refractivity contribution in [2.24, 2.45) is 0 Å². The van der Waals surface area contributed by atoms with Gasteiger partial charge in [0.25, 0.3) is 0 Å². The largest absolute Gasteiger partial charge is 0.232 e. The third-order valence-electron chi connectivity index (χ3n) is 1.65. The Morgan fingerprint density at radius 2 is 2.15 bits per heavy atom. The Hall–Kier alpha value is -1.38. The van der Waals surface area contributed by atoms with E-state index in [0.717, 1.165) is 17.8 Å². The Morgan fingerprint density at radius 3 is 2.77 bits per heavy atom. The monoisotopic (exact) mass is 177 g/mol. The molecule has 0 aliphatic carbocycles. The zero-order valence-electron chi connectivity index (χ0n) is 8.36. The zero-order valence-corrected chi connectivity index (χ0v) is 8.36. The number of rotatable bonds is 1. The van der Waals surface area contributed by atoms with Crippen molar-refractivity contribution >= 4 is 5.65 Å². The third kappa shape index (κ3) is 2.05. The van der Waals surface area contributed by atoms with Crippen LogP contribution in [0.25, 0.3) is 5.65 Å². The van der Waals surface area contributed by atoms with Gasteiger partial charge in [0.15, 0.2) is 5.65 Å². The van der Waals surface area contributed by atoms with E-state index in [0.29, 0.717) is 0 Å². The molecule has 2 aromatic heterocycles. The van der Waals surface area contributed by atoms with Gasteiger partial charge in [-0.1, -0.05) is 20.8 Å². The standard InChI is InChI=1S/C8H9N3.C2H6/c1-2-7-6-11-8(10-7)4-3-5-9-11;1-2/h3-6H,2H2,1H3;1-2H3. The van der Waals surface area contributed by atoms with Gasteiger partial charge in [-0.15, -0.1) is 0 Å². The minimum atomic E-state index is 0.921. The summed E-state index contributed by atoms with van der Waals surface area (Å²) in [6.45, 7) is 6.09. The van der Waals surface area contributed by atoms with Crippen molar-refractivity contribution in [1.82, 2.24) is 14.6 Å². The lowest BCUT2D eigenvalue weighted by molar-refractivity contribution is 0.931. The smallest absolute Gasteiger partial charge is 0.153 e. The first kappa shape index (κ1) is 9.71. The van der Waals surface area contributed by atoms with E-state index in [9.17, 15) is 0 Å². The summed E-state index contributed by atoms with van der Waals surface area (Å²) in [7, 11) is 0. The van der Waals surface area contributed by atoms with Gasteiger partial charge >= 0.3 is 0 Å². The molecule has 2 aromatic rings. The van der Waals surface area contributed by atoms with Crippen LogP contribution >= 0.6 is 0 Å². The van der Waals surface area contributed by atoms with E-state index in [1.54, 1.807) is 10.7 Å². The highest BCUT2D eigenvalue weighted by Crippen LogP contribution is 2.01. The van der Waals surface area contributed by atoms with E-state index in [1.807, 2.05) is 32.2 Å². The topological polar surface area (TPSA) is 30.2 Å². The van der Waals surface area contributed by atoms with Gasteiger partial charge in [-0.3, -0.25) is 0 Å². The first-order chi connectivity index (χ1) is 6.40. The quantitative estimate of drug-likeness (QED) is 0.669. The Morgan fingerprint density at radius 1 is 1.38 bits per heavy atom. The average molecular weight is 177 g/mol. The van der Waals surface area contributed by atoms with E-state index in [4.69, 9.17) is 0 Å². The lowest BCUT2D eigenvalue weighted by Crippen LogP contribution is -1.85. The van der Waals surface area contributed by atoms with Gasteiger partial charge in [-0.05, 0) is 18.6 Å². The van der Waals surface area contributed by atoms with Crippen molar-refractivity contribution in [1.29, 1.82) is 0 Å². The van der Waals surface area contributed by atoms with Gasteiger partial charge in [0.05, 0.1) is 11.9 Å². The molecule has 0 fully saturated rings. The SMILES string of the molecule is CC.CCc1cn2ncccc2n1. The van der Waals surface area contributed by atoms with E-state index in [-0.39, 0.29) is 0 Å². The summed E-state index contributed by atoms with van der Waals surface area (Å²) in [5.74, 6) is 0. The summed E-state index contributed by atoms with van der Waals surface area (Å²) in [6.07, 6.45) is 4.67. The Labute approximate surface area is 78.4 Å². The number of hydrogen-bond donors (Lipinski definition) is 0. The van der Waals surface area contributed by atoms with E-state index in [1.165, 1.54) is 0 Å². The second kappa shape index (κ2) is 4.60. The normalized spacial score (nSPS) is 9.46. The molecule has 0 aromatic carbocycles. The summed E-state index contributed by atoms with van der Waals surface area (Å²) in [4.78, 5) is 4.33. The molecule has 13 heavy (non-hydrogen) atoms. The lowest BCUT2D eigenvalue weighted by Gasteiger charge is -1.85.